The summed E-state index contributed by atoms with van der Waals surface area (Å²) in [5, 5.41) is 0. The molecule has 3 nitrogen and oxygen atoms in total. The molecule has 0 spiro atoms. The molecule has 0 aromatic carbocycles. The molecule has 0 saturated heterocycles. The number of carbonyl (C=O) groups is 1. The molecule has 0 unspecified atom stereocenters. The molecular formula is C13H26N2OS. The fraction of sp³-hybridized carbons (Fsp3) is 0.846. The molecule has 4 heteroatoms. The lowest BCUT2D eigenvalue weighted by Crippen LogP contribution is -2.36. The van der Waals surface area contributed by atoms with Crippen LogP contribution in [0.15, 0.2) is 0 Å². The Morgan fingerprint density at radius 1 is 1.12 bits per heavy atom. The summed E-state index contributed by atoms with van der Waals surface area (Å²) in [6.45, 7) is 10.3. The van der Waals surface area contributed by atoms with Crippen molar-refractivity contribution in [2.75, 3.05) is 13.1 Å². The summed E-state index contributed by atoms with van der Waals surface area (Å²) in [6, 6.07) is 0. The van der Waals surface area contributed by atoms with Gasteiger partial charge in [-0.2, -0.15) is 0 Å². The molecule has 0 aromatic heterocycles. The van der Waals surface area contributed by atoms with Gasteiger partial charge in [0.1, 0.15) is 0 Å². The summed E-state index contributed by atoms with van der Waals surface area (Å²) in [6.07, 6.45) is 2.26. The van der Waals surface area contributed by atoms with Gasteiger partial charge in [-0.05, 0) is 24.7 Å². The number of hydrogen-bond donors (Lipinski definition) is 1. The Hall–Kier alpha value is -0.640. The Kier molecular flexibility index (Phi) is 8.13. The number of nitrogens with zero attached hydrogens (tertiary/aromatic N) is 1. The monoisotopic (exact) mass is 258 g/mol. The predicted molar refractivity (Wildman–Crippen MR) is 76.9 cm³/mol. The van der Waals surface area contributed by atoms with E-state index in [0.29, 0.717) is 11.8 Å². The first-order valence-corrected chi connectivity index (χ1v) is 6.79. The van der Waals surface area contributed by atoms with E-state index in [1.165, 1.54) is 0 Å². The number of carbonyl (C=O) groups excluding carboxylic acids is 1. The van der Waals surface area contributed by atoms with Crippen molar-refractivity contribution in [1.29, 1.82) is 0 Å². The Bertz CT molecular complexity index is 240. The molecule has 0 aromatic rings. The molecular weight excluding hydrogens is 232 g/mol. The normalized spacial score (nSPS) is 10.9. The third kappa shape index (κ3) is 9.10. The highest BCUT2D eigenvalue weighted by Gasteiger charge is 2.14. The Balaban J connectivity index is 4.27. The van der Waals surface area contributed by atoms with E-state index in [-0.39, 0.29) is 17.3 Å². The first-order valence-electron chi connectivity index (χ1n) is 6.39. The zero-order chi connectivity index (χ0) is 13.4. The first-order chi connectivity index (χ1) is 7.82. The fourth-order valence-electron chi connectivity index (χ4n) is 1.45. The second-order valence-corrected chi connectivity index (χ2v) is 5.91. The maximum absolute atomic E-state index is 11.9. The molecule has 17 heavy (non-hydrogen) atoms. The minimum atomic E-state index is 0.0683. The second-order valence-electron chi connectivity index (χ2n) is 5.39. The second kappa shape index (κ2) is 8.45. The van der Waals surface area contributed by atoms with Crippen molar-refractivity contribution in [3.8, 4) is 0 Å². The van der Waals surface area contributed by atoms with Crippen molar-refractivity contribution < 1.29 is 4.79 Å². The number of rotatable bonds is 8. The van der Waals surface area contributed by atoms with E-state index in [9.17, 15) is 4.79 Å². The van der Waals surface area contributed by atoms with Crippen LogP contribution in [0.2, 0.25) is 0 Å². The lowest BCUT2D eigenvalue weighted by molar-refractivity contribution is -0.130. The van der Waals surface area contributed by atoms with Crippen LogP contribution in [0, 0.1) is 11.8 Å². The van der Waals surface area contributed by atoms with Gasteiger partial charge < -0.3 is 10.6 Å². The van der Waals surface area contributed by atoms with Crippen molar-refractivity contribution in [3.05, 3.63) is 0 Å². The van der Waals surface area contributed by atoms with Gasteiger partial charge in [0.15, 0.2) is 0 Å². The molecule has 0 heterocycles. The van der Waals surface area contributed by atoms with Crippen LogP contribution in [-0.2, 0) is 4.79 Å². The van der Waals surface area contributed by atoms with Gasteiger partial charge in [-0.3, -0.25) is 4.79 Å². The topological polar surface area (TPSA) is 46.3 Å². The minimum absolute atomic E-state index is 0.0683. The van der Waals surface area contributed by atoms with Crippen LogP contribution in [0.4, 0.5) is 0 Å². The van der Waals surface area contributed by atoms with Crippen LogP contribution in [0.5, 0.6) is 0 Å². The molecule has 0 fully saturated rings. The molecule has 0 bridgehead atoms. The molecule has 0 saturated carbocycles. The Morgan fingerprint density at radius 3 is 1.82 bits per heavy atom. The highest BCUT2D eigenvalue weighted by atomic mass is 32.1. The minimum Gasteiger partial charge on any atom is -0.393 e. The zero-order valence-corrected chi connectivity index (χ0v) is 12.3. The molecule has 0 radical (unpaired) electrons. The maximum atomic E-state index is 11.9. The molecule has 1 amide bonds. The van der Waals surface area contributed by atoms with Gasteiger partial charge in [0.2, 0.25) is 5.91 Å². The Labute approximate surface area is 111 Å². The van der Waals surface area contributed by atoms with Crippen LogP contribution in [0.3, 0.4) is 0 Å². The van der Waals surface area contributed by atoms with Crippen LogP contribution >= 0.6 is 12.2 Å². The van der Waals surface area contributed by atoms with E-state index >= 15 is 0 Å². The third-order valence-electron chi connectivity index (χ3n) is 2.63. The van der Waals surface area contributed by atoms with Crippen molar-refractivity contribution in [2.45, 2.75) is 47.0 Å². The van der Waals surface area contributed by atoms with Crippen molar-refractivity contribution in [2.24, 2.45) is 17.6 Å². The molecule has 2 N–H and O–H groups in total. The first kappa shape index (κ1) is 16.4. The summed E-state index contributed by atoms with van der Waals surface area (Å²) >= 11 is 4.79. The van der Waals surface area contributed by atoms with Crippen LogP contribution < -0.4 is 5.73 Å². The molecule has 0 aliphatic carbocycles. The van der Waals surface area contributed by atoms with E-state index in [1.807, 2.05) is 4.90 Å². The van der Waals surface area contributed by atoms with E-state index in [1.54, 1.807) is 0 Å². The van der Waals surface area contributed by atoms with Gasteiger partial charge in [0, 0.05) is 13.1 Å². The third-order valence-corrected chi connectivity index (χ3v) is 2.78. The SMILES string of the molecule is CC(C)CCN(CCC(C)C)C(=O)CC(N)=S. The predicted octanol–water partition coefficient (Wildman–Crippen LogP) is 2.58. The van der Waals surface area contributed by atoms with Gasteiger partial charge in [0.25, 0.3) is 0 Å². The van der Waals surface area contributed by atoms with Gasteiger partial charge in [-0.15, -0.1) is 0 Å². The van der Waals surface area contributed by atoms with Crippen LogP contribution in [0.1, 0.15) is 47.0 Å². The summed E-state index contributed by atoms with van der Waals surface area (Å²) < 4.78 is 0. The average molecular weight is 258 g/mol. The van der Waals surface area contributed by atoms with Gasteiger partial charge in [0.05, 0.1) is 11.4 Å². The van der Waals surface area contributed by atoms with E-state index in [2.05, 4.69) is 27.7 Å². The van der Waals surface area contributed by atoms with Crippen molar-refractivity contribution in [1.82, 2.24) is 4.90 Å². The molecule has 100 valence electrons. The van der Waals surface area contributed by atoms with E-state index in [0.717, 1.165) is 25.9 Å². The van der Waals surface area contributed by atoms with Crippen molar-refractivity contribution in [3.63, 3.8) is 0 Å². The fourth-order valence-corrected chi connectivity index (χ4v) is 1.57. The quantitative estimate of drug-likeness (QED) is 0.681. The number of thiocarbonyl (C=S) groups is 1. The van der Waals surface area contributed by atoms with E-state index < -0.39 is 0 Å². The molecule has 0 aliphatic heterocycles. The Morgan fingerprint density at radius 2 is 1.53 bits per heavy atom. The zero-order valence-electron chi connectivity index (χ0n) is 11.5. The number of hydrogen-bond acceptors (Lipinski definition) is 2. The number of amides is 1. The summed E-state index contributed by atoms with van der Waals surface area (Å²) in [5.41, 5.74) is 5.43. The molecule has 0 atom stereocenters. The van der Waals surface area contributed by atoms with Gasteiger partial charge in [-0.25, -0.2) is 0 Å². The largest absolute Gasteiger partial charge is 0.393 e. The average Bonchev–Trinajstić information content (AvgIpc) is 2.15. The lowest BCUT2D eigenvalue weighted by atomic mass is 10.1. The van der Waals surface area contributed by atoms with Crippen LogP contribution in [0.25, 0.3) is 0 Å². The maximum Gasteiger partial charge on any atom is 0.229 e. The highest BCUT2D eigenvalue weighted by Crippen LogP contribution is 2.08. The standard InChI is InChI=1S/C13H26N2OS/c1-10(2)5-7-15(8-6-11(3)4)13(16)9-12(14)17/h10-11H,5-9H2,1-4H3,(H2,14,17). The highest BCUT2D eigenvalue weighted by molar-refractivity contribution is 7.80. The molecule has 0 rings (SSSR count). The molecule has 0 aliphatic rings. The van der Waals surface area contributed by atoms with Gasteiger partial charge >= 0.3 is 0 Å². The number of nitrogens with two attached hydrogens (primary N) is 1. The summed E-state index contributed by atoms with van der Waals surface area (Å²) in [5.74, 6) is 1.28. The van der Waals surface area contributed by atoms with Crippen molar-refractivity contribution >= 4 is 23.1 Å². The summed E-state index contributed by atoms with van der Waals surface area (Å²) in [7, 11) is 0. The van der Waals surface area contributed by atoms with Gasteiger partial charge in [-0.1, -0.05) is 39.9 Å². The van der Waals surface area contributed by atoms with Crippen LogP contribution in [-0.4, -0.2) is 28.9 Å². The smallest absolute Gasteiger partial charge is 0.229 e. The van der Waals surface area contributed by atoms with E-state index in [4.69, 9.17) is 18.0 Å². The lowest BCUT2D eigenvalue weighted by Gasteiger charge is -2.24. The summed E-state index contributed by atoms with van der Waals surface area (Å²) in [4.78, 5) is 14.1.